The van der Waals surface area contributed by atoms with E-state index in [0.717, 1.165) is 30.7 Å². The molecule has 5 aromatic rings. The van der Waals surface area contributed by atoms with Crippen LogP contribution in [-0.4, -0.2) is 9.97 Å². The standard InChI is InChI=1S/C21H15FN4S2/c22-14-8-2-1-7-13(14)19(25-20-23-15-9-3-5-11-17(15)27-20)26-21-24-16-10-4-6-12-18(16)28-21/h1-12,19H,(H,23,25)(H,24,26). The lowest BCUT2D eigenvalue weighted by molar-refractivity contribution is 0.602. The van der Waals surface area contributed by atoms with Crippen molar-refractivity contribution < 1.29 is 4.39 Å². The van der Waals surface area contributed by atoms with E-state index in [-0.39, 0.29) is 5.82 Å². The average molecular weight is 407 g/mol. The number of nitrogens with one attached hydrogen (secondary N) is 2. The number of rotatable bonds is 5. The maximum Gasteiger partial charge on any atom is 0.185 e. The Morgan fingerprint density at radius 1 is 0.679 bits per heavy atom. The van der Waals surface area contributed by atoms with E-state index in [0.29, 0.717) is 5.56 Å². The lowest BCUT2D eigenvalue weighted by atomic mass is 10.1. The number of nitrogens with zero attached hydrogens (tertiary/aromatic N) is 2. The van der Waals surface area contributed by atoms with Crippen LogP contribution in [-0.2, 0) is 0 Å². The maximum atomic E-state index is 14.5. The summed E-state index contributed by atoms with van der Waals surface area (Å²) < 4.78 is 16.7. The van der Waals surface area contributed by atoms with Crippen molar-refractivity contribution in [2.75, 3.05) is 10.6 Å². The van der Waals surface area contributed by atoms with Crippen molar-refractivity contribution in [3.63, 3.8) is 0 Å². The molecular weight excluding hydrogens is 391 g/mol. The zero-order valence-corrected chi connectivity index (χ0v) is 16.2. The molecule has 0 radical (unpaired) electrons. The van der Waals surface area contributed by atoms with Gasteiger partial charge in [0.1, 0.15) is 12.0 Å². The molecule has 0 saturated carbocycles. The molecule has 0 aliphatic carbocycles. The molecule has 7 heteroatoms. The number of aromatic nitrogens is 2. The van der Waals surface area contributed by atoms with Gasteiger partial charge in [-0.2, -0.15) is 0 Å². The molecule has 2 aromatic heterocycles. The van der Waals surface area contributed by atoms with E-state index < -0.39 is 6.17 Å². The minimum absolute atomic E-state index is 0.283. The highest BCUT2D eigenvalue weighted by atomic mass is 32.1. The Bertz CT molecular complexity index is 1120. The molecule has 4 nitrogen and oxygen atoms in total. The predicted molar refractivity (Wildman–Crippen MR) is 116 cm³/mol. The van der Waals surface area contributed by atoms with Gasteiger partial charge in [0.25, 0.3) is 0 Å². The highest BCUT2D eigenvalue weighted by molar-refractivity contribution is 7.22. The van der Waals surface area contributed by atoms with Gasteiger partial charge in [-0.15, -0.1) is 0 Å². The van der Waals surface area contributed by atoms with Crippen LogP contribution in [0.2, 0.25) is 0 Å². The third-order valence-electron chi connectivity index (χ3n) is 4.34. The van der Waals surface area contributed by atoms with Crippen LogP contribution in [0.5, 0.6) is 0 Å². The van der Waals surface area contributed by atoms with E-state index in [1.807, 2.05) is 54.6 Å². The molecule has 0 unspecified atom stereocenters. The monoisotopic (exact) mass is 406 g/mol. The molecule has 0 aliphatic rings. The fourth-order valence-electron chi connectivity index (χ4n) is 3.02. The van der Waals surface area contributed by atoms with Gasteiger partial charge in [-0.05, 0) is 30.3 Å². The molecular formula is C21H15FN4S2. The number of thiazole rings is 2. The van der Waals surface area contributed by atoms with E-state index in [9.17, 15) is 4.39 Å². The molecule has 0 saturated heterocycles. The lowest BCUT2D eigenvalue weighted by Crippen LogP contribution is -2.21. The molecule has 0 atom stereocenters. The Balaban J connectivity index is 1.51. The Hall–Kier alpha value is -3.03. The summed E-state index contributed by atoms with van der Waals surface area (Å²) in [5.74, 6) is -0.283. The van der Waals surface area contributed by atoms with Gasteiger partial charge in [-0.3, -0.25) is 0 Å². The van der Waals surface area contributed by atoms with Crippen molar-refractivity contribution in [3.8, 4) is 0 Å². The fraction of sp³-hybridized carbons (Fsp3) is 0.0476. The van der Waals surface area contributed by atoms with Crippen LogP contribution < -0.4 is 10.6 Å². The van der Waals surface area contributed by atoms with Gasteiger partial charge in [0, 0.05) is 5.56 Å². The number of anilines is 2. The number of halogens is 1. The first-order chi connectivity index (χ1) is 13.8. The zero-order chi connectivity index (χ0) is 18.9. The number of para-hydroxylation sites is 2. The average Bonchev–Trinajstić information content (AvgIpc) is 3.30. The highest BCUT2D eigenvalue weighted by Gasteiger charge is 2.19. The van der Waals surface area contributed by atoms with E-state index in [1.54, 1.807) is 34.8 Å². The van der Waals surface area contributed by atoms with Crippen LogP contribution in [0.1, 0.15) is 11.7 Å². The van der Waals surface area contributed by atoms with Crippen molar-refractivity contribution in [1.82, 2.24) is 9.97 Å². The molecule has 3 aromatic carbocycles. The van der Waals surface area contributed by atoms with Gasteiger partial charge >= 0.3 is 0 Å². The number of hydrogen-bond donors (Lipinski definition) is 2. The van der Waals surface area contributed by atoms with Gasteiger partial charge in [-0.1, -0.05) is 65.1 Å². The number of hydrogen-bond acceptors (Lipinski definition) is 6. The van der Waals surface area contributed by atoms with Crippen molar-refractivity contribution in [3.05, 3.63) is 84.2 Å². The molecule has 0 amide bonds. The third kappa shape index (κ3) is 3.30. The summed E-state index contributed by atoms with van der Waals surface area (Å²) in [6, 6.07) is 22.6. The van der Waals surface area contributed by atoms with Gasteiger partial charge in [0.05, 0.1) is 20.4 Å². The van der Waals surface area contributed by atoms with Crippen LogP contribution >= 0.6 is 22.7 Å². The molecule has 0 spiro atoms. The van der Waals surface area contributed by atoms with E-state index in [4.69, 9.17) is 0 Å². The maximum absolute atomic E-state index is 14.5. The van der Waals surface area contributed by atoms with Crippen molar-refractivity contribution in [1.29, 1.82) is 0 Å². The second-order valence-corrected chi connectivity index (χ2v) is 8.28. The molecule has 0 fully saturated rings. The second kappa shape index (κ2) is 7.18. The number of fused-ring (bicyclic) bond motifs is 2. The Kier molecular flexibility index (Phi) is 4.38. The summed E-state index contributed by atoms with van der Waals surface area (Å²) in [4.78, 5) is 9.24. The van der Waals surface area contributed by atoms with Crippen LogP contribution in [0.3, 0.4) is 0 Å². The topological polar surface area (TPSA) is 49.8 Å². The van der Waals surface area contributed by atoms with E-state index in [2.05, 4.69) is 20.6 Å². The molecule has 0 bridgehead atoms. The van der Waals surface area contributed by atoms with Crippen LogP contribution in [0.25, 0.3) is 20.4 Å². The van der Waals surface area contributed by atoms with Gasteiger partial charge in [0.15, 0.2) is 10.3 Å². The summed E-state index contributed by atoms with van der Waals surface area (Å²) in [7, 11) is 0. The van der Waals surface area contributed by atoms with Crippen LogP contribution in [0, 0.1) is 5.82 Å². The van der Waals surface area contributed by atoms with Crippen molar-refractivity contribution >= 4 is 53.4 Å². The zero-order valence-electron chi connectivity index (χ0n) is 14.6. The smallest absolute Gasteiger partial charge is 0.185 e. The largest absolute Gasteiger partial charge is 0.337 e. The second-order valence-electron chi connectivity index (χ2n) is 6.22. The Morgan fingerprint density at radius 3 is 1.71 bits per heavy atom. The highest BCUT2D eigenvalue weighted by Crippen LogP contribution is 2.32. The third-order valence-corrected chi connectivity index (χ3v) is 6.27. The first-order valence-corrected chi connectivity index (χ1v) is 10.4. The molecule has 2 heterocycles. The van der Waals surface area contributed by atoms with Gasteiger partial charge < -0.3 is 10.6 Å². The van der Waals surface area contributed by atoms with Crippen LogP contribution in [0.4, 0.5) is 14.7 Å². The Morgan fingerprint density at radius 2 is 1.18 bits per heavy atom. The van der Waals surface area contributed by atoms with Gasteiger partial charge in [-0.25, -0.2) is 14.4 Å². The summed E-state index contributed by atoms with van der Waals surface area (Å²) in [6.07, 6.45) is -0.498. The van der Waals surface area contributed by atoms with Crippen molar-refractivity contribution in [2.24, 2.45) is 0 Å². The summed E-state index contributed by atoms with van der Waals surface area (Å²) in [6.45, 7) is 0. The SMILES string of the molecule is Fc1ccccc1C(Nc1nc2ccccc2s1)Nc1nc2ccccc2s1. The quantitative estimate of drug-likeness (QED) is 0.338. The molecule has 138 valence electrons. The molecule has 5 rings (SSSR count). The van der Waals surface area contributed by atoms with Gasteiger partial charge in [0.2, 0.25) is 0 Å². The summed E-state index contributed by atoms with van der Waals surface area (Å²) in [5.41, 5.74) is 2.35. The van der Waals surface area contributed by atoms with E-state index in [1.165, 1.54) is 6.07 Å². The summed E-state index contributed by atoms with van der Waals surface area (Å²) >= 11 is 3.08. The van der Waals surface area contributed by atoms with Crippen molar-refractivity contribution in [2.45, 2.75) is 6.17 Å². The van der Waals surface area contributed by atoms with Crippen LogP contribution in [0.15, 0.2) is 72.8 Å². The Labute approximate surface area is 168 Å². The lowest BCUT2D eigenvalue weighted by Gasteiger charge is -2.20. The predicted octanol–water partition coefficient (Wildman–Crippen LogP) is 6.27. The molecule has 2 N–H and O–H groups in total. The van der Waals surface area contributed by atoms with E-state index >= 15 is 0 Å². The number of benzene rings is 3. The molecule has 0 aliphatic heterocycles. The minimum Gasteiger partial charge on any atom is -0.337 e. The minimum atomic E-state index is -0.498. The first kappa shape index (κ1) is 17.1. The first-order valence-electron chi connectivity index (χ1n) is 8.75. The summed E-state index contributed by atoms with van der Waals surface area (Å²) in [5, 5.41) is 8.13. The molecule has 28 heavy (non-hydrogen) atoms. The normalized spacial score (nSPS) is 11.4. The fourth-order valence-corrected chi connectivity index (χ4v) is 4.80.